The molecule has 2 heterocycles. The van der Waals surface area contributed by atoms with Gasteiger partial charge < -0.3 is 14.5 Å². The number of piperazine rings is 1. The molecule has 2 aliphatic heterocycles. The van der Waals surface area contributed by atoms with Gasteiger partial charge in [0.05, 0.1) is 29.3 Å². The van der Waals surface area contributed by atoms with E-state index in [1.54, 1.807) is 4.90 Å². The van der Waals surface area contributed by atoms with Crippen LogP contribution in [0.15, 0.2) is 29.2 Å². The summed E-state index contributed by atoms with van der Waals surface area (Å²) >= 11 is 0. The molecule has 1 aromatic rings. The zero-order valence-electron chi connectivity index (χ0n) is 15.1. The van der Waals surface area contributed by atoms with Gasteiger partial charge in [-0.05, 0) is 37.6 Å². The minimum absolute atomic E-state index is 0.0219. The lowest BCUT2D eigenvalue weighted by Crippen LogP contribution is -2.55. The summed E-state index contributed by atoms with van der Waals surface area (Å²) in [6, 6.07) is 4.60. The van der Waals surface area contributed by atoms with Crippen LogP contribution in [0.1, 0.15) is 19.8 Å². The first-order valence-corrected chi connectivity index (χ1v) is 10.5. The Kier molecular flexibility index (Phi) is 5.81. The summed E-state index contributed by atoms with van der Waals surface area (Å²) in [6.07, 6.45) is 0.576. The van der Waals surface area contributed by atoms with Crippen molar-refractivity contribution in [3.63, 3.8) is 0 Å². The molecule has 0 aromatic heterocycles. The topological polar surface area (TPSA) is 84.0 Å². The van der Waals surface area contributed by atoms with E-state index < -0.39 is 20.9 Å². The van der Waals surface area contributed by atoms with E-state index in [9.17, 15) is 22.4 Å². The van der Waals surface area contributed by atoms with Gasteiger partial charge in [0.15, 0.2) is 9.84 Å². The first-order valence-electron chi connectivity index (χ1n) is 8.93. The second-order valence-corrected chi connectivity index (χ2v) is 9.30. The van der Waals surface area contributed by atoms with E-state index in [4.69, 9.17) is 4.74 Å². The summed E-state index contributed by atoms with van der Waals surface area (Å²) in [5.41, 5.74) is 0. The molecule has 1 aromatic carbocycles. The van der Waals surface area contributed by atoms with Crippen molar-refractivity contribution < 1.29 is 27.1 Å². The second kappa shape index (κ2) is 7.93. The average molecular weight is 398 g/mol. The molecular formula is C18H23FN2O5S. The van der Waals surface area contributed by atoms with Crippen molar-refractivity contribution in [3.05, 3.63) is 30.1 Å². The summed E-state index contributed by atoms with van der Waals surface area (Å²) in [5.74, 6) is -1.04. The SMILES string of the molecule is CC(CC(=O)N1CCN(C2CCOC2)C(=O)C1)S(=O)(=O)c1ccc(F)cc1. The monoisotopic (exact) mass is 398 g/mol. The lowest BCUT2D eigenvalue weighted by atomic mass is 10.1. The first-order chi connectivity index (χ1) is 12.8. The number of halogens is 1. The molecule has 3 rings (SSSR count). The van der Waals surface area contributed by atoms with E-state index in [1.165, 1.54) is 24.0 Å². The van der Waals surface area contributed by atoms with Crippen LogP contribution in [0, 0.1) is 5.82 Å². The summed E-state index contributed by atoms with van der Waals surface area (Å²) in [6.45, 7) is 3.37. The molecule has 0 saturated carbocycles. The number of nitrogens with zero attached hydrogens (tertiary/aromatic N) is 2. The number of ether oxygens (including phenoxy) is 1. The van der Waals surface area contributed by atoms with Gasteiger partial charge in [0.1, 0.15) is 5.82 Å². The van der Waals surface area contributed by atoms with Crippen LogP contribution in [-0.2, 0) is 24.2 Å². The van der Waals surface area contributed by atoms with Gasteiger partial charge in [0, 0.05) is 26.1 Å². The molecule has 0 aliphatic carbocycles. The van der Waals surface area contributed by atoms with Crippen LogP contribution in [0.5, 0.6) is 0 Å². The second-order valence-electron chi connectivity index (χ2n) is 6.93. The third-order valence-corrected chi connectivity index (χ3v) is 7.25. The van der Waals surface area contributed by atoms with Crippen LogP contribution in [-0.4, -0.2) is 74.2 Å². The van der Waals surface area contributed by atoms with E-state index in [2.05, 4.69) is 0 Å². The highest BCUT2D eigenvalue weighted by molar-refractivity contribution is 7.92. The fourth-order valence-electron chi connectivity index (χ4n) is 3.39. The Bertz CT molecular complexity index is 806. The molecule has 2 amide bonds. The number of carbonyl (C=O) groups is 2. The van der Waals surface area contributed by atoms with Crippen molar-refractivity contribution in [3.8, 4) is 0 Å². The number of carbonyl (C=O) groups excluding carboxylic acids is 2. The van der Waals surface area contributed by atoms with Crippen LogP contribution in [0.25, 0.3) is 0 Å². The van der Waals surface area contributed by atoms with Crippen molar-refractivity contribution in [1.29, 1.82) is 0 Å². The number of amides is 2. The van der Waals surface area contributed by atoms with E-state index in [0.29, 0.717) is 26.3 Å². The van der Waals surface area contributed by atoms with Crippen molar-refractivity contribution >= 4 is 21.7 Å². The smallest absolute Gasteiger partial charge is 0.242 e. The maximum Gasteiger partial charge on any atom is 0.242 e. The summed E-state index contributed by atoms with van der Waals surface area (Å²) in [5, 5.41) is -0.966. The number of hydrogen-bond acceptors (Lipinski definition) is 5. The van der Waals surface area contributed by atoms with Crippen molar-refractivity contribution in [1.82, 2.24) is 9.80 Å². The Balaban J connectivity index is 1.60. The van der Waals surface area contributed by atoms with Crippen LogP contribution in [0.3, 0.4) is 0 Å². The number of benzene rings is 1. The highest BCUT2D eigenvalue weighted by atomic mass is 32.2. The van der Waals surface area contributed by atoms with Gasteiger partial charge in [-0.3, -0.25) is 9.59 Å². The Hall–Kier alpha value is -2.00. The Morgan fingerprint density at radius 3 is 2.59 bits per heavy atom. The third-order valence-electron chi connectivity index (χ3n) is 5.09. The molecule has 148 valence electrons. The normalized spacial score (nSPS) is 22.1. The highest BCUT2D eigenvalue weighted by Gasteiger charge is 2.35. The van der Waals surface area contributed by atoms with Gasteiger partial charge >= 0.3 is 0 Å². The van der Waals surface area contributed by atoms with Gasteiger partial charge in [-0.2, -0.15) is 0 Å². The van der Waals surface area contributed by atoms with Gasteiger partial charge in [0.25, 0.3) is 0 Å². The van der Waals surface area contributed by atoms with Crippen LogP contribution in [0.2, 0.25) is 0 Å². The summed E-state index contributed by atoms with van der Waals surface area (Å²) < 4.78 is 43.5. The fourth-order valence-corrected chi connectivity index (χ4v) is 4.74. The van der Waals surface area contributed by atoms with E-state index in [0.717, 1.165) is 18.6 Å². The van der Waals surface area contributed by atoms with Crippen LogP contribution >= 0.6 is 0 Å². The van der Waals surface area contributed by atoms with Crippen LogP contribution in [0.4, 0.5) is 4.39 Å². The number of hydrogen-bond donors (Lipinski definition) is 0. The molecule has 2 atom stereocenters. The summed E-state index contributed by atoms with van der Waals surface area (Å²) in [7, 11) is -3.75. The number of sulfone groups is 1. The molecule has 2 saturated heterocycles. The average Bonchev–Trinajstić information content (AvgIpc) is 3.16. The van der Waals surface area contributed by atoms with Gasteiger partial charge in [-0.25, -0.2) is 12.8 Å². The predicted octanol–water partition coefficient (Wildman–Crippen LogP) is 0.838. The van der Waals surface area contributed by atoms with Gasteiger partial charge in [-0.1, -0.05) is 0 Å². The lowest BCUT2D eigenvalue weighted by molar-refractivity contribution is -0.147. The lowest BCUT2D eigenvalue weighted by Gasteiger charge is -2.37. The molecule has 0 radical (unpaired) electrons. The van der Waals surface area contributed by atoms with Crippen LogP contribution < -0.4 is 0 Å². The quantitative estimate of drug-likeness (QED) is 0.687. The molecule has 9 heteroatoms. The zero-order valence-corrected chi connectivity index (χ0v) is 16.0. The molecule has 2 aliphatic rings. The maximum absolute atomic E-state index is 13.0. The van der Waals surface area contributed by atoms with Crippen molar-refractivity contribution in [2.24, 2.45) is 0 Å². The largest absolute Gasteiger partial charge is 0.379 e. The highest BCUT2D eigenvalue weighted by Crippen LogP contribution is 2.21. The standard InChI is InChI=1S/C18H23FN2O5S/c1-13(27(24,25)16-4-2-14(19)3-5-16)10-17(22)20-7-8-21(18(23)11-20)15-6-9-26-12-15/h2-5,13,15H,6-12H2,1H3. The molecule has 27 heavy (non-hydrogen) atoms. The zero-order chi connectivity index (χ0) is 19.6. The minimum atomic E-state index is -3.75. The van der Waals surface area contributed by atoms with E-state index in [1.807, 2.05) is 0 Å². The minimum Gasteiger partial charge on any atom is -0.379 e. The van der Waals surface area contributed by atoms with Gasteiger partial charge in [-0.15, -0.1) is 0 Å². The number of rotatable bonds is 5. The molecule has 0 spiro atoms. The third kappa shape index (κ3) is 4.30. The Labute approximate surface area is 158 Å². The summed E-state index contributed by atoms with van der Waals surface area (Å²) in [4.78, 5) is 28.0. The first kappa shape index (κ1) is 19.8. The Morgan fingerprint density at radius 2 is 2.00 bits per heavy atom. The van der Waals surface area contributed by atoms with Gasteiger partial charge in [0.2, 0.25) is 11.8 Å². The maximum atomic E-state index is 13.0. The molecule has 0 bridgehead atoms. The van der Waals surface area contributed by atoms with Crippen molar-refractivity contribution in [2.75, 3.05) is 32.8 Å². The molecule has 7 nitrogen and oxygen atoms in total. The van der Waals surface area contributed by atoms with E-state index >= 15 is 0 Å². The Morgan fingerprint density at radius 1 is 1.30 bits per heavy atom. The molecule has 0 N–H and O–H groups in total. The predicted molar refractivity (Wildman–Crippen MR) is 95.2 cm³/mol. The van der Waals surface area contributed by atoms with Crippen molar-refractivity contribution in [2.45, 2.75) is 36.0 Å². The molecular weight excluding hydrogens is 375 g/mol. The van der Waals surface area contributed by atoms with E-state index in [-0.39, 0.29) is 35.7 Å². The molecule has 2 fully saturated rings. The fraction of sp³-hybridized carbons (Fsp3) is 0.556. The molecule has 2 unspecified atom stereocenters.